The Morgan fingerprint density at radius 3 is 1.71 bits per heavy atom. The van der Waals surface area contributed by atoms with E-state index < -0.39 is 78.5 Å². The number of rotatable bonds is 18. The first-order valence-corrected chi connectivity index (χ1v) is 10.7. The first kappa shape index (κ1) is 31.2. The van der Waals surface area contributed by atoms with Crippen LogP contribution in [0.3, 0.4) is 0 Å². The number of hydrogen-bond donors (Lipinski definition) is 9. The Hall–Kier alpha value is -3.79. The van der Waals surface area contributed by atoms with Gasteiger partial charge in [-0.3, -0.25) is 28.8 Å². The SMILES string of the molecule is NCCCCC(NC(=O)C(N)CC(N)=O)C(=O)NC(CC(=O)O)C(=O)NC(CCC(N)=O)C(=O)O. The number of nitrogens with one attached hydrogen (secondary N) is 3. The number of aliphatic carboxylic acids is 2. The minimum absolute atomic E-state index is 0.0375. The maximum absolute atomic E-state index is 12.8. The van der Waals surface area contributed by atoms with E-state index in [9.17, 15) is 38.7 Å². The predicted octanol–water partition coefficient (Wildman–Crippen LogP) is -4.40. The number of hydrogen-bond acceptors (Lipinski definition) is 9. The summed E-state index contributed by atoms with van der Waals surface area (Å²) in [5, 5.41) is 24.9. The van der Waals surface area contributed by atoms with Crippen LogP contribution in [-0.4, -0.2) is 82.4 Å². The van der Waals surface area contributed by atoms with Gasteiger partial charge in [-0.15, -0.1) is 0 Å². The van der Waals surface area contributed by atoms with E-state index >= 15 is 0 Å². The van der Waals surface area contributed by atoms with E-state index in [1.54, 1.807) is 0 Å². The van der Waals surface area contributed by atoms with Crippen LogP contribution >= 0.6 is 0 Å². The maximum atomic E-state index is 12.8. The van der Waals surface area contributed by atoms with E-state index in [2.05, 4.69) is 16.0 Å². The number of unbranched alkanes of at least 4 members (excludes halogenated alkanes) is 1. The molecule has 0 radical (unpaired) electrons. The number of carbonyl (C=O) groups is 7. The Kier molecular flexibility index (Phi) is 14.2. The van der Waals surface area contributed by atoms with Crippen LogP contribution in [0.15, 0.2) is 0 Å². The summed E-state index contributed by atoms with van der Waals surface area (Å²) in [5.74, 6) is -7.63. The van der Waals surface area contributed by atoms with Crippen molar-refractivity contribution in [2.75, 3.05) is 6.54 Å². The van der Waals surface area contributed by atoms with Crippen molar-refractivity contribution >= 4 is 41.5 Å². The summed E-state index contributed by atoms with van der Waals surface area (Å²) in [7, 11) is 0. The molecular formula is C19H33N7O9. The summed E-state index contributed by atoms with van der Waals surface area (Å²) in [6, 6.07) is -5.92. The van der Waals surface area contributed by atoms with Crippen LogP contribution in [0, 0.1) is 0 Å². The van der Waals surface area contributed by atoms with Gasteiger partial charge in [0.2, 0.25) is 29.5 Å². The van der Waals surface area contributed by atoms with Crippen molar-refractivity contribution in [2.45, 2.75) is 69.1 Å². The molecule has 0 bridgehead atoms. The van der Waals surface area contributed by atoms with Crippen LogP contribution in [0.1, 0.15) is 44.9 Å². The molecule has 4 atom stereocenters. The molecule has 0 aliphatic heterocycles. The lowest BCUT2D eigenvalue weighted by molar-refractivity contribution is -0.143. The number of carboxylic acids is 2. The van der Waals surface area contributed by atoms with Crippen LogP contribution in [0.25, 0.3) is 0 Å². The minimum atomic E-state index is -1.72. The maximum Gasteiger partial charge on any atom is 0.326 e. The molecule has 13 N–H and O–H groups in total. The van der Waals surface area contributed by atoms with E-state index in [-0.39, 0.29) is 25.8 Å². The number of amides is 5. The largest absolute Gasteiger partial charge is 0.481 e. The molecule has 0 aromatic heterocycles. The zero-order chi connectivity index (χ0) is 27.1. The highest BCUT2D eigenvalue weighted by Crippen LogP contribution is 2.05. The van der Waals surface area contributed by atoms with Gasteiger partial charge in [0.25, 0.3) is 0 Å². The predicted molar refractivity (Wildman–Crippen MR) is 119 cm³/mol. The van der Waals surface area contributed by atoms with Crippen LogP contribution in [0.2, 0.25) is 0 Å². The molecule has 5 amide bonds. The molecule has 198 valence electrons. The lowest BCUT2D eigenvalue weighted by Gasteiger charge is -2.24. The van der Waals surface area contributed by atoms with Crippen molar-refractivity contribution in [3.8, 4) is 0 Å². The van der Waals surface area contributed by atoms with Crippen LogP contribution in [0.5, 0.6) is 0 Å². The standard InChI is InChI=1S/C19H33N7O9/c20-6-2-1-3-10(24-16(31)9(21)7-14(23)28)17(32)26-12(8-15(29)30)18(33)25-11(19(34)35)4-5-13(22)27/h9-12H,1-8,20-21H2,(H2,22,27)(H2,23,28)(H,24,31)(H,25,33)(H,26,32)(H,29,30)(H,34,35). The average Bonchev–Trinajstić information content (AvgIpc) is 2.73. The third-order valence-corrected chi connectivity index (χ3v) is 4.64. The highest BCUT2D eigenvalue weighted by Gasteiger charge is 2.31. The summed E-state index contributed by atoms with van der Waals surface area (Å²) in [6.45, 7) is 0.287. The molecule has 0 rings (SSSR count). The van der Waals surface area contributed by atoms with E-state index in [0.717, 1.165) is 0 Å². The molecule has 0 saturated carbocycles. The Morgan fingerprint density at radius 2 is 1.23 bits per heavy atom. The first-order chi connectivity index (χ1) is 16.3. The molecule has 16 nitrogen and oxygen atoms in total. The highest BCUT2D eigenvalue weighted by molar-refractivity contribution is 5.96. The van der Waals surface area contributed by atoms with Crippen molar-refractivity contribution in [1.29, 1.82) is 0 Å². The minimum Gasteiger partial charge on any atom is -0.481 e. The molecule has 0 aromatic rings. The van der Waals surface area contributed by atoms with E-state index in [4.69, 9.17) is 28.0 Å². The summed E-state index contributed by atoms with van der Waals surface area (Å²) >= 11 is 0. The fourth-order valence-electron chi connectivity index (χ4n) is 2.82. The van der Waals surface area contributed by atoms with Crippen molar-refractivity contribution in [3.05, 3.63) is 0 Å². The zero-order valence-electron chi connectivity index (χ0n) is 19.0. The lowest BCUT2D eigenvalue weighted by Crippen LogP contribution is -2.57. The van der Waals surface area contributed by atoms with Crippen molar-refractivity contribution < 1.29 is 43.8 Å². The van der Waals surface area contributed by atoms with Gasteiger partial charge in [-0.05, 0) is 32.2 Å². The molecular weight excluding hydrogens is 470 g/mol. The average molecular weight is 504 g/mol. The number of primary amides is 2. The van der Waals surface area contributed by atoms with Gasteiger partial charge in [0.05, 0.1) is 18.9 Å². The Morgan fingerprint density at radius 1 is 0.686 bits per heavy atom. The number of carboxylic acid groups (broad SMARTS) is 2. The van der Waals surface area contributed by atoms with Crippen LogP contribution < -0.4 is 38.9 Å². The van der Waals surface area contributed by atoms with Gasteiger partial charge in [0.15, 0.2) is 0 Å². The fourth-order valence-corrected chi connectivity index (χ4v) is 2.82. The second kappa shape index (κ2) is 15.9. The lowest BCUT2D eigenvalue weighted by atomic mass is 10.1. The Bertz CT molecular complexity index is 806. The van der Waals surface area contributed by atoms with Gasteiger partial charge in [-0.1, -0.05) is 0 Å². The summed E-state index contributed by atoms with van der Waals surface area (Å²) in [4.78, 5) is 82.1. The van der Waals surface area contributed by atoms with Gasteiger partial charge < -0.3 is 49.1 Å². The second-order valence-corrected chi connectivity index (χ2v) is 7.69. The van der Waals surface area contributed by atoms with Gasteiger partial charge in [0.1, 0.15) is 18.1 Å². The third kappa shape index (κ3) is 13.5. The smallest absolute Gasteiger partial charge is 0.326 e. The number of carbonyl (C=O) groups excluding carboxylic acids is 5. The zero-order valence-corrected chi connectivity index (χ0v) is 19.0. The monoisotopic (exact) mass is 503 g/mol. The van der Waals surface area contributed by atoms with Gasteiger partial charge in [0, 0.05) is 6.42 Å². The molecule has 0 spiro atoms. The summed E-state index contributed by atoms with van der Waals surface area (Å²) in [6.07, 6.45) is -1.25. The van der Waals surface area contributed by atoms with Crippen molar-refractivity contribution in [3.63, 3.8) is 0 Å². The fraction of sp³-hybridized carbons (Fsp3) is 0.632. The molecule has 0 aliphatic rings. The molecule has 35 heavy (non-hydrogen) atoms. The third-order valence-electron chi connectivity index (χ3n) is 4.64. The molecule has 0 saturated heterocycles. The van der Waals surface area contributed by atoms with Crippen molar-refractivity contribution in [1.82, 2.24) is 16.0 Å². The van der Waals surface area contributed by atoms with E-state index in [1.807, 2.05) is 0 Å². The highest BCUT2D eigenvalue weighted by atomic mass is 16.4. The molecule has 0 heterocycles. The van der Waals surface area contributed by atoms with E-state index in [1.165, 1.54) is 0 Å². The Balaban J connectivity index is 5.54. The first-order valence-electron chi connectivity index (χ1n) is 10.7. The quantitative estimate of drug-likeness (QED) is 0.0804. The topological polar surface area (TPSA) is 300 Å². The Labute approximate surface area is 200 Å². The van der Waals surface area contributed by atoms with Crippen LogP contribution in [-0.2, 0) is 33.6 Å². The molecule has 0 aliphatic carbocycles. The second-order valence-electron chi connectivity index (χ2n) is 7.69. The van der Waals surface area contributed by atoms with Crippen molar-refractivity contribution in [2.24, 2.45) is 22.9 Å². The molecule has 0 aromatic carbocycles. The number of nitrogens with two attached hydrogens (primary N) is 4. The van der Waals surface area contributed by atoms with Gasteiger partial charge in [-0.2, -0.15) is 0 Å². The summed E-state index contributed by atoms with van der Waals surface area (Å²) in [5.41, 5.74) is 21.0. The van der Waals surface area contributed by atoms with Crippen LogP contribution in [0.4, 0.5) is 0 Å². The molecule has 16 heteroatoms. The van der Waals surface area contributed by atoms with Gasteiger partial charge >= 0.3 is 11.9 Å². The normalized spacial score (nSPS) is 14.0. The molecule has 0 fully saturated rings. The molecule has 4 unspecified atom stereocenters. The van der Waals surface area contributed by atoms with E-state index in [0.29, 0.717) is 12.8 Å². The summed E-state index contributed by atoms with van der Waals surface area (Å²) < 4.78 is 0. The van der Waals surface area contributed by atoms with Gasteiger partial charge in [-0.25, -0.2) is 4.79 Å².